The second-order valence-corrected chi connectivity index (χ2v) is 5.33. The zero-order valence-electron chi connectivity index (χ0n) is 10.00. The normalized spacial score (nSPS) is 12.9. The van der Waals surface area contributed by atoms with E-state index in [9.17, 15) is 0 Å². The van der Waals surface area contributed by atoms with Crippen LogP contribution in [-0.4, -0.2) is 6.54 Å². The van der Waals surface area contributed by atoms with Gasteiger partial charge in [0.25, 0.3) is 0 Å². The largest absolute Gasteiger partial charge is 0.472 e. The lowest BCUT2D eigenvalue weighted by Gasteiger charge is -2.16. The summed E-state index contributed by atoms with van der Waals surface area (Å²) in [5, 5.41) is 6.47. The van der Waals surface area contributed by atoms with E-state index in [1.54, 1.807) is 23.9 Å². The summed E-state index contributed by atoms with van der Waals surface area (Å²) in [6.45, 7) is 5.15. The van der Waals surface area contributed by atoms with E-state index in [2.05, 4.69) is 17.6 Å². The van der Waals surface area contributed by atoms with Crippen molar-refractivity contribution in [3.05, 3.63) is 45.0 Å². The Hall–Kier alpha value is -0.770. The molecule has 2 heterocycles. The van der Waals surface area contributed by atoms with E-state index in [1.165, 1.54) is 4.88 Å². The number of hydrogen-bond acceptors (Lipinski definition) is 3. The molecule has 2 aromatic rings. The van der Waals surface area contributed by atoms with Gasteiger partial charge in [0, 0.05) is 10.4 Å². The lowest BCUT2D eigenvalue weighted by Crippen LogP contribution is -2.22. The van der Waals surface area contributed by atoms with Gasteiger partial charge in [0.15, 0.2) is 0 Å². The van der Waals surface area contributed by atoms with Gasteiger partial charge in [-0.15, -0.1) is 11.3 Å². The Bertz CT molecular complexity index is 464. The van der Waals surface area contributed by atoms with E-state index >= 15 is 0 Å². The van der Waals surface area contributed by atoms with Crippen molar-refractivity contribution in [2.24, 2.45) is 0 Å². The number of aryl methyl sites for hydroxylation is 1. The van der Waals surface area contributed by atoms with Crippen LogP contribution in [0.15, 0.2) is 28.4 Å². The molecule has 2 aromatic heterocycles. The van der Waals surface area contributed by atoms with E-state index in [0.717, 1.165) is 29.1 Å². The molecule has 2 nitrogen and oxygen atoms in total. The number of furan rings is 1. The number of halogens is 1. The summed E-state index contributed by atoms with van der Waals surface area (Å²) in [4.78, 5) is 1.17. The van der Waals surface area contributed by atoms with Crippen LogP contribution in [0.25, 0.3) is 0 Å². The fourth-order valence-electron chi connectivity index (χ4n) is 1.73. The Balaban J connectivity index is 2.30. The van der Waals surface area contributed by atoms with Crippen molar-refractivity contribution in [1.29, 1.82) is 0 Å². The van der Waals surface area contributed by atoms with Crippen molar-refractivity contribution in [3.63, 3.8) is 0 Å². The molecule has 0 amide bonds. The van der Waals surface area contributed by atoms with Gasteiger partial charge in [0.2, 0.25) is 0 Å². The summed E-state index contributed by atoms with van der Waals surface area (Å²) in [5.74, 6) is 0. The first kappa shape index (κ1) is 12.7. The van der Waals surface area contributed by atoms with Gasteiger partial charge in [-0.3, -0.25) is 0 Å². The van der Waals surface area contributed by atoms with E-state index in [-0.39, 0.29) is 6.04 Å². The topological polar surface area (TPSA) is 25.2 Å². The third-order valence-electron chi connectivity index (χ3n) is 2.66. The molecule has 0 spiro atoms. The van der Waals surface area contributed by atoms with Gasteiger partial charge >= 0.3 is 0 Å². The maximum Gasteiger partial charge on any atom is 0.0954 e. The number of hydrogen-bond donors (Lipinski definition) is 1. The second-order valence-electron chi connectivity index (χ2n) is 4.04. The maximum atomic E-state index is 6.34. The van der Waals surface area contributed by atoms with Gasteiger partial charge in [-0.05, 0) is 36.9 Å². The summed E-state index contributed by atoms with van der Waals surface area (Å²) in [6, 6.07) is 2.12. The molecule has 0 aromatic carbocycles. The first-order valence-corrected chi connectivity index (χ1v) is 6.98. The van der Waals surface area contributed by atoms with Gasteiger partial charge in [-0.25, -0.2) is 0 Å². The quantitative estimate of drug-likeness (QED) is 0.871. The Morgan fingerprint density at radius 3 is 2.88 bits per heavy atom. The van der Waals surface area contributed by atoms with E-state index in [4.69, 9.17) is 16.0 Å². The second kappa shape index (κ2) is 5.71. The lowest BCUT2D eigenvalue weighted by molar-refractivity contribution is 0.550. The maximum absolute atomic E-state index is 6.34. The SMILES string of the molecule is CCCNC(c1ccoc1)c1scc(C)c1Cl. The predicted octanol–water partition coefficient (Wildman–Crippen LogP) is 4.39. The van der Waals surface area contributed by atoms with Crippen LogP contribution in [0, 0.1) is 6.92 Å². The molecule has 0 radical (unpaired) electrons. The minimum absolute atomic E-state index is 0.139. The summed E-state index contributed by atoms with van der Waals surface area (Å²) in [7, 11) is 0. The summed E-state index contributed by atoms with van der Waals surface area (Å²) >= 11 is 8.04. The molecule has 2 rings (SSSR count). The van der Waals surface area contributed by atoms with Gasteiger partial charge < -0.3 is 9.73 Å². The zero-order chi connectivity index (χ0) is 12.3. The van der Waals surface area contributed by atoms with Crippen LogP contribution in [0.5, 0.6) is 0 Å². The van der Waals surface area contributed by atoms with Crippen molar-refractivity contribution in [3.8, 4) is 0 Å². The molecule has 92 valence electrons. The lowest BCUT2D eigenvalue weighted by atomic mass is 10.1. The molecule has 0 fully saturated rings. The van der Waals surface area contributed by atoms with Gasteiger partial charge in [-0.2, -0.15) is 0 Å². The van der Waals surface area contributed by atoms with Crippen LogP contribution < -0.4 is 5.32 Å². The van der Waals surface area contributed by atoms with E-state index in [0.29, 0.717) is 0 Å². The molecular weight excluding hydrogens is 254 g/mol. The number of nitrogens with one attached hydrogen (secondary N) is 1. The smallest absolute Gasteiger partial charge is 0.0954 e. The third-order valence-corrected chi connectivity index (χ3v) is 4.44. The Labute approximate surface area is 111 Å². The number of rotatable bonds is 5. The first-order chi connectivity index (χ1) is 8.24. The minimum atomic E-state index is 0.139. The van der Waals surface area contributed by atoms with Crippen LogP contribution in [0.4, 0.5) is 0 Å². The molecule has 1 atom stereocenters. The van der Waals surface area contributed by atoms with Gasteiger partial charge in [0.05, 0.1) is 23.6 Å². The molecule has 0 saturated heterocycles. The molecule has 0 aliphatic rings. The summed E-state index contributed by atoms with van der Waals surface area (Å²) in [5.41, 5.74) is 2.26. The zero-order valence-corrected chi connectivity index (χ0v) is 11.6. The van der Waals surface area contributed by atoms with Crippen molar-refractivity contribution in [1.82, 2.24) is 5.32 Å². The Morgan fingerprint density at radius 2 is 2.35 bits per heavy atom. The molecule has 0 bridgehead atoms. The third kappa shape index (κ3) is 2.73. The van der Waals surface area contributed by atoms with Crippen LogP contribution in [-0.2, 0) is 0 Å². The molecular formula is C13H16ClNOS. The standard InChI is InChI=1S/C13H16ClNOS/c1-3-5-15-12(10-4-6-16-7-10)13-11(14)9(2)8-17-13/h4,6-8,12,15H,3,5H2,1-2H3. The van der Waals surface area contributed by atoms with Crippen LogP contribution >= 0.6 is 22.9 Å². The summed E-state index contributed by atoms with van der Waals surface area (Å²) in [6.07, 6.45) is 4.57. The highest BCUT2D eigenvalue weighted by Gasteiger charge is 2.20. The molecule has 17 heavy (non-hydrogen) atoms. The van der Waals surface area contributed by atoms with Crippen LogP contribution in [0.3, 0.4) is 0 Å². The molecule has 0 saturated carbocycles. The van der Waals surface area contributed by atoms with Crippen LogP contribution in [0.2, 0.25) is 5.02 Å². The molecule has 1 N–H and O–H groups in total. The number of thiophene rings is 1. The van der Waals surface area contributed by atoms with Gasteiger partial charge in [-0.1, -0.05) is 18.5 Å². The highest BCUT2D eigenvalue weighted by Crippen LogP contribution is 2.35. The molecule has 4 heteroatoms. The Morgan fingerprint density at radius 1 is 1.53 bits per heavy atom. The van der Waals surface area contributed by atoms with Crippen LogP contribution in [0.1, 0.15) is 35.4 Å². The highest BCUT2D eigenvalue weighted by molar-refractivity contribution is 7.10. The first-order valence-electron chi connectivity index (χ1n) is 5.73. The van der Waals surface area contributed by atoms with Crippen molar-refractivity contribution in [2.75, 3.05) is 6.54 Å². The fraction of sp³-hybridized carbons (Fsp3) is 0.385. The monoisotopic (exact) mass is 269 g/mol. The minimum Gasteiger partial charge on any atom is -0.472 e. The van der Waals surface area contributed by atoms with Crippen molar-refractivity contribution < 1.29 is 4.42 Å². The predicted molar refractivity (Wildman–Crippen MR) is 72.9 cm³/mol. The Kier molecular flexibility index (Phi) is 4.26. The average molecular weight is 270 g/mol. The molecule has 0 aliphatic heterocycles. The average Bonchev–Trinajstić information content (AvgIpc) is 2.94. The van der Waals surface area contributed by atoms with Crippen molar-refractivity contribution in [2.45, 2.75) is 26.3 Å². The van der Waals surface area contributed by atoms with Crippen molar-refractivity contribution >= 4 is 22.9 Å². The summed E-state index contributed by atoms with van der Waals surface area (Å²) < 4.78 is 5.17. The highest BCUT2D eigenvalue weighted by atomic mass is 35.5. The van der Waals surface area contributed by atoms with E-state index in [1.807, 2.05) is 13.0 Å². The van der Waals surface area contributed by atoms with Gasteiger partial charge in [0.1, 0.15) is 0 Å². The van der Waals surface area contributed by atoms with E-state index < -0.39 is 0 Å². The molecule has 1 unspecified atom stereocenters. The fourth-order valence-corrected chi connectivity index (χ4v) is 3.14. The molecule has 0 aliphatic carbocycles.